The fourth-order valence-corrected chi connectivity index (χ4v) is 1.41. The summed E-state index contributed by atoms with van der Waals surface area (Å²) in [5, 5.41) is 11.3. The van der Waals surface area contributed by atoms with Gasteiger partial charge in [0.25, 0.3) is 0 Å². The van der Waals surface area contributed by atoms with Crippen LogP contribution in [-0.4, -0.2) is 29.6 Å². The Bertz CT molecular complexity index is 393. The Morgan fingerprint density at radius 2 is 2.11 bits per heavy atom. The van der Waals surface area contributed by atoms with E-state index in [1.165, 1.54) is 6.92 Å². The van der Waals surface area contributed by atoms with E-state index in [1.807, 2.05) is 30.3 Å². The summed E-state index contributed by atoms with van der Waals surface area (Å²) in [6.07, 6.45) is 0.610. The zero-order valence-corrected chi connectivity index (χ0v) is 10.3. The number of carbonyl (C=O) groups is 2. The van der Waals surface area contributed by atoms with Gasteiger partial charge in [-0.05, 0) is 12.5 Å². The Labute approximate surface area is 106 Å². The molecule has 0 bridgehead atoms. The average Bonchev–Trinajstić information content (AvgIpc) is 2.36. The first kappa shape index (κ1) is 14.2. The standard InChI is InChI=1S/C13H17NO4/c1-13(12(16)17,14-10-15)7-8-18-9-11-5-3-2-4-6-11/h2-6,10H,7-9H2,1H3,(H,14,15)(H,16,17)/t13-/m0/s1. The highest BCUT2D eigenvalue weighted by Gasteiger charge is 2.31. The molecule has 0 spiro atoms. The number of carbonyl (C=O) groups excluding carboxylic acids is 1. The van der Waals surface area contributed by atoms with Crippen LogP contribution in [0.5, 0.6) is 0 Å². The Hall–Kier alpha value is -1.88. The molecule has 0 aliphatic carbocycles. The number of amides is 1. The van der Waals surface area contributed by atoms with Gasteiger partial charge in [0.1, 0.15) is 5.54 Å². The van der Waals surface area contributed by atoms with Crippen molar-refractivity contribution < 1.29 is 19.4 Å². The number of hydrogen-bond acceptors (Lipinski definition) is 3. The van der Waals surface area contributed by atoms with E-state index in [9.17, 15) is 9.59 Å². The molecule has 1 aromatic carbocycles. The van der Waals surface area contributed by atoms with Gasteiger partial charge in [-0.2, -0.15) is 0 Å². The fourth-order valence-electron chi connectivity index (χ4n) is 1.41. The van der Waals surface area contributed by atoms with Crippen molar-refractivity contribution in [3.05, 3.63) is 35.9 Å². The minimum atomic E-state index is -1.28. The van der Waals surface area contributed by atoms with Crippen LogP contribution in [0.2, 0.25) is 0 Å². The lowest BCUT2D eigenvalue weighted by atomic mass is 9.99. The molecule has 1 aromatic rings. The Morgan fingerprint density at radius 3 is 2.67 bits per heavy atom. The third kappa shape index (κ3) is 4.18. The third-order valence-corrected chi connectivity index (χ3v) is 2.71. The van der Waals surface area contributed by atoms with Crippen molar-refractivity contribution in [2.24, 2.45) is 0 Å². The average molecular weight is 251 g/mol. The first-order chi connectivity index (χ1) is 8.58. The zero-order chi connectivity index (χ0) is 13.4. The lowest BCUT2D eigenvalue weighted by molar-refractivity contribution is -0.146. The second-order valence-electron chi connectivity index (χ2n) is 4.19. The van der Waals surface area contributed by atoms with Crippen molar-refractivity contribution in [1.29, 1.82) is 0 Å². The maximum atomic E-state index is 11.0. The number of hydrogen-bond donors (Lipinski definition) is 2. The molecule has 1 atom stereocenters. The predicted octanol–water partition coefficient (Wildman–Crippen LogP) is 1.18. The minimum absolute atomic E-state index is 0.216. The van der Waals surface area contributed by atoms with Gasteiger partial charge in [0.2, 0.25) is 6.41 Å². The normalized spacial score (nSPS) is 13.6. The molecule has 0 heterocycles. The van der Waals surface area contributed by atoms with Gasteiger partial charge in [-0.1, -0.05) is 30.3 Å². The number of nitrogens with one attached hydrogen (secondary N) is 1. The van der Waals surface area contributed by atoms with Crippen LogP contribution in [0, 0.1) is 0 Å². The summed E-state index contributed by atoms with van der Waals surface area (Å²) >= 11 is 0. The molecule has 5 heteroatoms. The van der Waals surface area contributed by atoms with Crippen LogP contribution in [0.15, 0.2) is 30.3 Å². The molecule has 0 radical (unpaired) electrons. The number of rotatable bonds is 8. The maximum absolute atomic E-state index is 11.0. The predicted molar refractivity (Wildman–Crippen MR) is 66.0 cm³/mol. The van der Waals surface area contributed by atoms with Crippen LogP contribution >= 0.6 is 0 Å². The van der Waals surface area contributed by atoms with Gasteiger partial charge >= 0.3 is 5.97 Å². The van der Waals surface area contributed by atoms with Crippen molar-refractivity contribution in [2.45, 2.75) is 25.5 Å². The molecule has 1 amide bonds. The molecule has 0 saturated carbocycles. The molecule has 18 heavy (non-hydrogen) atoms. The van der Waals surface area contributed by atoms with Crippen molar-refractivity contribution >= 4 is 12.4 Å². The monoisotopic (exact) mass is 251 g/mol. The van der Waals surface area contributed by atoms with E-state index in [2.05, 4.69) is 5.32 Å². The summed E-state index contributed by atoms with van der Waals surface area (Å²) in [4.78, 5) is 21.4. The lowest BCUT2D eigenvalue weighted by Gasteiger charge is -2.23. The van der Waals surface area contributed by atoms with Crippen LogP contribution in [0.4, 0.5) is 0 Å². The molecule has 0 fully saturated rings. The number of carboxylic acid groups (broad SMARTS) is 1. The molecule has 0 unspecified atom stereocenters. The number of aliphatic carboxylic acids is 1. The molecular formula is C13H17NO4. The van der Waals surface area contributed by atoms with Crippen molar-refractivity contribution in [3.63, 3.8) is 0 Å². The van der Waals surface area contributed by atoms with Crippen molar-refractivity contribution in [1.82, 2.24) is 5.32 Å². The SMILES string of the molecule is C[C@@](CCOCc1ccccc1)(NC=O)C(=O)O. The van der Waals surface area contributed by atoms with Crippen LogP contribution in [0.1, 0.15) is 18.9 Å². The molecule has 1 rings (SSSR count). The molecule has 98 valence electrons. The Kier molecular flexibility index (Phi) is 5.32. The molecule has 0 aliphatic rings. The van der Waals surface area contributed by atoms with E-state index < -0.39 is 11.5 Å². The molecule has 0 aliphatic heterocycles. The number of benzene rings is 1. The second kappa shape index (κ2) is 6.76. The minimum Gasteiger partial charge on any atom is -0.480 e. The van der Waals surface area contributed by atoms with E-state index >= 15 is 0 Å². The summed E-state index contributed by atoms with van der Waals surface area (Å²) in [5.41, 5.74) is -0.254. The van der Waals surface area contributed by atoms with Crippen LogP contribution in [0.25, 0.3) is 0 Å². The molecule has 0 saturated heterocycles. The topological polar surface area (TPSA) is 75.6 Å². The summed E-state index contributed by atoms with van der Waals surface area (Å²) in [7, 11) is 0. The van der Waals surface area contributed by atoms with Gasteiger partial charge in [-0.15, -0.1) is 0 Å². The molecule has 5 nitrogen and oxygen atoms in total. The molecule has 2 N–H and O–H groups in total. The van der Waals surface area contributed by atoms with E-state index in [-0.39, 0.29) is 13.0 Å². The van der Waals surface area contributed by atoms with Gasteiger partial charge in [-0.25, -0.2) is 4.79 Å². The van der Waals surface area contributed by atoms with Crippen LogP contribution in [0.3, 0.4) is 0 Å². The first-order valence-corrected chi connectivity index (χ1v) is 5.65. The highest BCUT2D eigenvalue weighted by atomic mass is 16.5. The summed E-state index contributed by atoms with van der Waals surface area (Å²) in [6.45, 7) is 2.14. The van der Waals surface area contributed by atoms with Gasteiger partial charge in [0.05, 0.1) is 6.61 Å². The molecule has 0 aromatic heterocycles. The van der Waals surface area contributed by atoms with Gasteiger partial charge in [-0.3, -0.25) is 4.79 Å². The maximum Gasteiger partial charge on any atom is 0.329 e. The quantitative estimate of drug-likeness (QED) is 0.537. The summed E-state index contributed by atoms with van der Waals surface area (Å²) in [6, 6.07) is 9.60. The third-order valence-electron chi connectivity index (χ3n) is 2.71. The second-order valence-corrected chi connectivity index (χ2v) is 4.19. The van der Waals surface area contributed by atoms with E-state index in [0.717, 1.165) is 5.56 Å². The highest BCUT2D eigenvalue weighted by Crippen LogP contribution is 2.10. The Balaban J connectivity index is 2.36. The first-order valence-electron chi connectivity index (χ1n) is 5.65. The van der Waals surface area contributed by atoms with Gasteiger partial charge in [0.15, 0.2) is 0 Å². The van der Waals surface area contributed by atoms with Crippen LogP contribution in [-0.2, 0) is 20.9 Å². The molecular weight excluding hydrogens is 234 g/mol. The van der Waals surface area contributed by atoms with E-state index in [1.54, 1.807) is 0 Å². The van der Waals surface area contributed by atoms with E-state index in [0.29, 0.717) is 13.0 Å². The zero-order valence-electron chi connectivity index (χ0n) is 10.3. The largest absolute Gasteiger partial charge is 0.480 e. The lowest BCUT2D eigenvalue weighted by Crippen LogP contribution is -2.49. The summed E-state index contributed by atoms with van der Waals surface area (Å²) < 4.78 is 5.39. The van der Waals surface area contributed by atoms with E-state index in [4.69, 9.17) is 9.84 Å². The van der Waals surface area contributed by atoms with Crippen molar-refractivity contribution in [2.75, 3.05) is 6.61 Å². The van der Waals surface area contributed by atoms with Gasteiger partial charge < -0.3 is 15.2 Å². The summed E-state index contributed by atoms with van der Waals surface area (Å²) in [5.74, 6) is -1.07. The number of carboxylic acids is 1. The smallest absolute Gasteiger partial charge is 0.329 e. The number of ether oxygens (including phenoxy) is 1. The van der Waals surface area contributed by atoms with Crippen LogP contribution < -0.4 is 5.32 Å². The Morgan fingerprint density at radius 1 is 1.44 bits per heavy atom. The fraction of sp³-hybridized carbons (Fsp3) is 0.385. The van der Waals surface area contributed by atoms with Gasteiger partial charge in [0, 0.05) is 13.0 Å². The highest BCUT2D eigenvalue weighted by molar-refractivity contribution is 5.80. The van der Waals surface area contributed by atoms with Crippen molar-refractivity contribution in [3.8, 4) is 0 Å².